The molecule has 2 unspecified atom stereocenters. The predicted molar refractivity (Wildman–Crippen MR) is 94.4 cm³/mol. The lowest BCUT2D eigenvalue weighted by Crippen LogP contribution is -2.42. The first-order valence-electron chi connectivity index (χ1n) is 8.13. The molecule has 6 heteroatoms. The summed E-state index contributed by atoms with van der Waals surface area (Å²) in [7, 11) is 0. The summed E-state index contributed by atoms with van der Waals surface area (Å²) in [6.45, 7) is 1.80. The van der Waals surface area contributed by atoms with E-state index in [4.69, 9.17) is 0 Å². The predicted octanol–water partition coefficient (Wildman–Crippen LogP) is 1.99. The highest BCUT2D eigenvalue weighted by atomic mass is 16.3. The molecule has 1 aromatic heterocycles. The number of rotatable bonds is 6. The van der Waals surface area contributed by atoms with Gasteiger partial charge in [-0.05, 0) is 36.8 Å². The first kappa shape index (κ1) is 16.9. The summed E-state index contributed by atoms with van der Waals surface area (Å²) in [4.78, 5) is 12.4. The molecule has 1 amide bonds. The van der Waals surface area contributed by atoms with Gasteiger partial charge in [0.1, 0.15) is 0 Å². The Bertz CT molecular complexity index is 801. The number of amides is 1. The number of aliphatic hydroxyl groups excluding tert-OH is 1. The summed E-state index contributed by atoms with van der Waals surface area (Å²) < 4.78 is 1.62. The Balaban J connectivity index is 1.59. The Morgan fingerprint density at radius 2 is 1.88 bits per heavy atom. The van der Waals surface area contributed by atoms with E-state index in [0.29, 0.717) is 12.0 Å². The van der Waals surface area contributed by atoms with E-state index in [1.807, 2.05) is 30.3 Å². The number of nitrogens with zero attached hydrogens (tertiary/aromatic N) is 3. The fourth-order valence-corrected chi connectivity index (χ4v) is 2.53. The minimum atomic E-state index is -0.652. The Labute approximate surface area is 146 Å². The number of aromatic nitrogens is 3. The molecule has 1 heterocycles. The lowest BCUT2D eigenvalue weighted by Gasteiger charge is -2.20. The molecule has 0 aliphatic rings. The molecular weight excluding hydrogens is 316 g/mol. The number of carbonyl (C=O) groups excluding carboxylic acids is 1. The van der Waals surface area contributed by atoms with Gasteiger partial charge in [0, 0.05) is 12.0 Å². The summed E-state index contributed by atoms with van der Waals surface area (Å²) in [5, 5.41) is 20.8. The molecule has 0 aliphatic heterocycles. The maximum absolute atomic E-state index is 12.4. The van der Waals surface area contributed by atoms with Gasteiger partial charge < -0.3 is 10.4 Å². The Morgan fingerprint density at radius 3 is 2.52 bits per heavy atom. The van der Waals surface area contributed by atoms with E-state index < -0.39 is 6.10 Å². The molecule has 0 radical (unpaired) electrons. The molecule has 2 atom stereocenters. The highest BCUT2D eigenvalue weighted by Gasteiger charge is 2.18. The fourth-order valence-electron chi connectivity index (χ4n) is 2.53. The van der Waals surface area contributed by atoms with Gasteiger partial charge >= 0.3 is 0 Å². The van der Waals surface area contributed by atoms with Gasteiger partial charge in [0.25, 0.3) is 5.91 Å². The Kier molecular flexibility index (Phi) is 5.20. The number of aliphatic hydroxyl groups is 1. The molecule has 0 bridgehead atoms. The van der Waals surface area contributed by atoms with Crippen LogP contribution in [-0.4, -0.2) is 38.2 Å². The van der Waals surface area contributed by atoms with Gasteiger partial charge in [0.05, 0.1) is 30.2 Å². The fraction of sp³-hybridized carbons (Fsp3) is 0.211. The zero-order valence-corrected chi connectivity index (χ0v) is 13.9. The first-order valence-corrected chi connectivity index (χ1v) is 8.13. The van der Waals surface area contributed by atoms with Crippen LogP contribution in [0.1, 0.15) is 22.8 Å². The maximum Gasteiger partial charge on any atom is 0.251 e. The second kappa shape index (κ2) is 7.72. The lowest BCUT2D eigenvalue weighted by atomic mass is 10.0. The summed E-state index contributed by atoms with van der Waals surface area (Å²) >= 11 is 0. The number of hydrogen-bond donors (Lipinski definition) is 2. The largest absolute Gasteiger partial charge is 0.391 e. The summed E-state index contributed by atoms with van der Waals surface area (Å²) in [5.74, 6) is -0.218. The van der Waals surface area contributed by atoms with Crippen molar-refractivity contribution in [3.8, 4) is 5.69 Å². The van der Waals surface area contributed by atoms with Crippen molar-refractivity contribution in [2.75, 3.05) is 0 Å². The maximum atomic E-state index is 12.4. The van der Waals surface area contributed by atoms with Crippen molar-refractivity contribution in [1.29, 1.82) is 0 Å². The normalized spacial score (nSPS) is 13.2. The molecule has 0 fully saturated rings. The zero-order chi connectivity index (χ0) is 17.6. The SMILES string of the molecule is CC(NC(=O)c1ccc(-n2ccnn2)cc1)C(O)Cc1ccccc1. The first-order chi connectivity index (χ1) is 12.1. The smallest absolute Gasteiger partial charge is 0.251 e. The third-order valence-corrected chi connectivity index (χ3v) is 4.04. The van der Waals surface area contributed by atoms with Crippen molar-refractivity contribution in [1.82, 2.24) is 20.3 Å². The van der Waals surface area contributed by atoms with Gasteiger partial charge in [-0.2, -0.15) is 0 Å². The molecular formula is C19H20N4O2. The van der Waals surface area contributed by atoms with Gasteiger partial charge in [-0.25, -0.2) is 4.68 Å². The Hall–Kier alpha value is -2.99. The van der Waals surface area contributed by atoms with Crippen molar-refractivity contribution in [2.45, 2.75) is 25.5 Å². The van der Waals surface area contributed by atoms with Crippen LogP contribution in [0.5, 0.6) is 0 Å². The minimum Gasteiger partial charge on any atom is -0.391 e. The van der Waals surface area contributed by atoms with E-state index in [0.717, 1.165) is 11.3 Å². The Morgan fingerprint density at radius 1 is 1.16 bits per heavy atom. The van der Waals surface area contributed by atoms with Crippen LogP contribution in [0.15, 0.2) is 67.0 Å². The topological polar surface area (TPSA) is 80.0 Å². The highest BCUT2D eigenvalue weighted by Crippen LogP contribution is 2.10. The molecule has 6 nitrogen and oxygen atoms in total. The monoisotopic (exact) mass is 336 g/mol. The third kappa shape index (κ3) is 4.30. The van der Waals surface area contributed by atoms with Crippen LogP contribution in [0.2, 0.25) is 0 Å². The molecule has 2 aromatic carbocycles. The van der Waals surface area contributed by atoms with E-state index in [2.05, 4.69) is 15.6 Å². The molecule has 3 rings (SSSR count). The standard InChI is InChI=1S/C19H20N4O2/c1-14(18(24)13-15-5-3-2-4-6-15)21-19(25)16-7-9-17(10-8-16)23-12-11-20-22-23/h2-12,14,18,24H,13H2,1H3,(H,21,25). The molecule has 0 saturated carbocycles. The number of benzene rings is 2. The van der Waals surface area contributed by atoms with Crippen LogP contribution in [0.3, 0.4) is 0 Å². The second-order valence-electron chi connectivity index (χ2n) is 5.91. The summed E-state index contributed by atoms with van der Waals surface area (Å²) in [6, 6.07) is 16.4. The molecule has 0 aliphatic carbocycles. The van der Waals surface area contributed by atoms with Crippen molar-refractivity contribution < 1.29 is 9.90 Å². The molecule has 3 aromatic rings. The van der Waals surface area contributed by atoms with Crippen molar-refractivity contribution in [3.63, 3.8) is 0 Å². The van der Waals surface area contributed by atoms with E-state index >= 15 is 0 Å². The molecule has 0 saturated heterocycles. The van der Waals surface area contributed by atoms with Crippen LogP contribution >= 0.6 is 0 Å². The number of carbonyl (C=O) groups is 1. The average Bonchev–Trinajstić information content (AvgIpc) is 3.17. The van der Waals surface area contributed by atoms with Crippen LogP contribution in [-0.2, 0) is 6.42 Å². The van der Waals surface area contributed by atoms with Crippen molar-refractivity contribution in [2.24, 2.45) is 0 Å². The third-order valence-electron chi connectivity index (χ3n) is 4.04. The van der Waals surface area contributed by atoms with Gasteiger partial charge in [-0.1, -0.05) is 35.5 Å². The van der Waals surface area contributed by atoms with Crippen LogP contribution in [0, 0.1) is 0 Å². The van der Waals surface area contributed by atoms with Gasteiger partial charge in [-0.3, -0.25) is 4.79 Å². The number of nitrogens with one attached hydrogen (secondary N) is 1. The van der Waals surface area contributed by atoms with Crippen LogP contribution in [0.25, 0.3) is 5.69 Å². The summed E-state index contributed by atoms with van der Waals surface area (Å²) in [6.07, 6.45) is 3.17. The molecule has 128 valence electrons. The second-order valence-corrected chi connectivity index (χ2v) is 5.91. The average molecular weight is 336 g/mol. The van der Waals surface area contributed by atoms with Gasteiger partial charge in [0.15, 0.2) is 0 Å². The molecule has 0 spiro atoms. The minimum absolute atomic E-state index is 0.218. The quantitative estimate of drug-likeness (QED) is 0.721. The zero-order valence-electron chi connectivity index (χ0n) is 13.9. The van der Waals surface area contributed by atoms with Crippen LogP contribution < -0.4 is 5.32 Å². The van der Waals surface area contributed by atoms with E-state index in [9.17, 15) is 9.90 Å². The van der Waals surface area contributed by atoms with E-state index in [-0.39, 0.29) is 11.9 Å². The molecule has 25 heavy (non-hydrogen) atoms. The number of hydrogen-bond acceptors (Lipinski definition) is 4. The van der Waals surface area contributed by atoms with E-state index in [1.54, 1.807) is 48.3 Å². The lowest BCUT2D eigenvalue weighted by molar-refractivity contribution is 0.0852. The molecule has 2 N–H and O–H groups in total. The van der Waals surface area contributed by atoms with Gasteiger partial charge in [-0.15, -0.1) is 5.10 Å². The highest BCUT2D eigenvalue weighted by molar-refractivity contribution is 5.94. The van der Waals surface area contributed by atoms with Crippen LogP contribution in [0.4, 0.5) is 0 Å². The van der Waals surface area contributed by atoms with Crippen molar-refractivity contribution in [3.05, 3.63) is 78.1 Å². The van der Waals surface area contributed by atoms with E-state index in [1.165, 1.54) is 0 Å². The summed E-state index contributed by atoms with van der Waals surface area (Å²) in [5.41, 5.74) is 2.39. The van der Waals surface area contributed by atoms with Gasteiger partial charge in [0.2, 0.25) is 0 Å². The van der Waals surface area contributed by atoms with Crippen molar-refractivity contribution >= 4 is 5.91 Å².